The number of rotatable bonds is 3. The number of hydrogen-bond donors (Lipinski definition) is 0. The molecule has 0 saturated carbocycles. The molecule has 0 spiro atoms. The Balaban J connectivity index is 0.000000730. The lowest BCUT2D eigenvalue weighted by molar-refractivity contribution is 0.112. The molecule has 4 aromatic rings. The van der Waals surface area contributed by atoms with E-state index in [-0.39, 0.29) is 0 Å². The SMILES string of the molecule is COC.Cn1cc(-c2ccc3c(c2)CCCN3c2ccnc3ccc(C=O)cc23)cn1. The second-order valence-corrected chi connectivity index (χ2v) is 7.63. The monoisotopic (exact) mass is 414 g/mol. The minimum Gasteiger partial charge on any atom is -0.388 e. The lowest BCUT2D eigenvalue weighted by Gasteiger charge is -2.32. The molecular formula is C25H26N4O2. The van der Waals surface area contributed by atoms with Crippen LogP contribution in [0.25, 0.3) is 22.0 Å². The van der Waals surface area contributed by atoms with Crippen molar-refractivity contribution in [3.63, 3.8) is 0 Å². The second kappa shape index (κ2) is 9.10. The van der Waals surface area contributed by atoms with Crippen LogP contribution in [0.15, 0.2) is 61.1 Å². The first-order chi connectivity index (χ1) is 15.1. The van der Waals surface area contributed by atoms with Crippen molar-refractivity contribution in [3.05, 3.63) is 72.2 Å². The summed E-state index contributed by atoms with van der Waals surface area (Å²) in [6.45, 7) is 0.948. The highest BCUT2D eigenvalue weighted by molar-refractivity contribution is 5.97. The number of pyridine rings is 1. The van der Waals surface area contributed by atoms with Crippen molar-refractivity contribution in [1.29, 1.82) is 0 Å². The van der Waals surface area contributed by atoms with Crippen LogP contribution in [0.5, 0.6) is 0 Å². The number of ether oxygens (including phenoxy) is 1. The Bertz CT molecular complexity index is 1220. The molecule has 0 amide bonds. The van der Waals surface area contributed by atoms with Crippen molar-refractivity contribution in [2.24, 2.45) is 7.05 Å². The number of aldehydes is 1. The molecule has 2 aromatic carbocycles. The van der Waals surface area contributed by atoms with Crippen LogP contribution in [-0.4, -0.2) is 41.8 Å². The molecule has 0 bridgehead atoms. The van der Waals surface area contributed by atoms with Crippen molar-refractivity contribution < 1.29 is 9.53 Å². The topological polar surface area (TPSA) is 60.2 Å². The van der Waals surface area contributed by atoms with Crippen molar-refractivity contribution in [2.45, 2.75) is 12.8 Å². The summed E-state index contributed by atoms with van der Waals surface area (Å²) in [5.41, 5.74) is 7.56. The van der Waals surface area contributed by atoms with Crippen LogP contribution in [0.1, 0.15) is 22.3 Å². The van der Waals surface area contributed by atoms with Gasteiger partial charge in [0.15, 0.2) is 0 Å². The maximum absolute atomic E-state index is 11.3. The summed E-state index contributed by atoms with van der Waals surface area (Å²) in [5, 5.41) is 5.30. The van der Waals surface area contributed by atoms with Gasteiger partial charge in [0.25, 0.3) is 0 Å². The summed E-state index contributed by atoms with van der Waals surface area (Å²) in [7, 11) is 5.19. The highest BCUT2D eigenvalue weighted by Gasteiger charge is 2.21. The molecule has 158 valence electrons. The molecule has 5 rings (SSSR count). The van der Waals surface area contributed by atoms with E-state index in [0.717, 1.165) is 47.8 Å². The van der Waals surface area contributed by atoms with Gasteiger partial charge in [-0.05, 0) is 60.4 Å². The number of carbonyl (C=O) groups excluding carboxylic acids is 1. The third-order valence-corrected chi connectivity index (χ3v) is 5.41. The van der Waals surface area contributed by atoms with Gasteiger partial charge in [0, 0.05) is 62.4 Å². The van der Waals surface area contributed by atoms with Crippen molar-refractivity contribution in [1.82, 2.24) is 14.8 Å². The summed E-state index contributed by atoms with van der Waals surface area (Å²) < 4.78 is 6.08. The normalized spacial score (nSPS) is 12.8. The van der Waals surface area contributed by atoms with E-state index >= 15 is 0 Å². The molecule has 0 atom stereocenters. The van der Waals surface area contributed by atoms with E-state index in [0.29, 0.717) is 5.56 Å². The number of methoxy groups -OCH3 is 1. The number of hydrogen-bond acceptors (Lipinski definition) is 5. The number of anilines is 2. The van der Waals surface area contributed by atoms with Gasteiger partial charge in [0.2, 0.25) is 0 Å². The van der Waals surface area contributed by atoms with Crippen LogP contribution < -0.4 is 4.90 Å². The Labute approximate surface area is 182 Å². The number of aryl methyl sites for hydroxylation is 2. The summed E-state index contributed by atoms with van der Waals surface area (Å²) in [6, 6.07) is 14.3. The first-order valence-electron chi connectivity index (χ1n) is 10.3. The van der Waals surface area contributed by atoms with E-state index in [9.17, 15) is 4.79 Å². The van der Waals surface area contributed by atoms with Gasteiger partial charge in [-0.25, -0.2) is 0 Å². The van der Waals surface area contributed by atoms with Gasteiger partial charge in [-0.15, -0.1) is 0 Å². The molecule has 0 aliphatic carbocycles. The Morgan fingerprint density at radius 1 is 1.03 bits per heavy atom. The largest absolute Gasteiger partial charge is 0.388 e. The molecule has 6 heteroatoms. The minimum atomic E-state index is 0.672. The molecule has 31 heavy (non-hydrogen) atoms. The van der Waals surface area contributed by atoms with Crippen LogP contribution in [0.2, 0.25) is 0 Å². The predicted octanol–water partition coefficient (Wildman–Crippen LogP) is 4.79. The average molecular weight is 415 g/mol. The van der Waals surface area contributed by atoms with Crippen LogP contribution >= 0.6 is 0 Å². The molecule has 3 heterocycles. The number of carbonyl (C=O) groups is 1. The molecule has 0 radical (unpaired) electrons. The van der Waals surface area contributed by atoms with Crippen molar-refractivity contribution >= 4 is 28.6 Å². The molecular weight excluding hydrogens is 388 g/mol. The number of nitrogens with zero attached hydrogens (tertiary/aromatic N) is 4. The number of aromatic nitrogens is 3. The van der Waals surface area contributed by atoms with Gasteiger partial charge in [-0.2, -0.15) is 5.10 Å². The van der Waals surface area contributed by atoms with Crippen LogP contribution in [0, 0.1) is 0 Å². The van der Waals surface area contributed by atoms with Crippen LogP contribution in [0.3, 0.4) is 0 Å². The fourth-order valence-electron chi connectivity index (χ4n) is 4.06. The van der Waals surface area contributed by atoms with Gasteiger partial charge in [0.05, 0.1) is 17.4 Å². The Hall–Kier alpha value is -3.51. The third-order valence-electron chi connectivity index (χ3n) is 5.41. The van der Waals surface area contributed by atoms with Gasteiger partial charge in [0.1, 0.15) is 6.29 Å². The minimum absolute atomic E-state index is 0.672. The smallest absolute Gasteiger partial charge is 0.150 e. The zero-order valence-corrected chi connectivity index (χ0v) is 18.1. The van der Waals surface area contributed by atoms with Gasteiger partial charge >= 0.3 is 0 Å². The van der Waals surface area contributed by atoms with Gasteiger partial charge in [-0.1, -0.05) is 6.07 Å². The van der Waals surface area contributed by atoms with E-state index in [1.807, 2.05) is 54.6 Å². The number of fused-ring (bicyclic) bond motifs is 2. The zero-order chi connectivity index (χ0) is 21.8. The van der Waals surface area contributed by atoms with E-state index in [4.69, 9.17) is 0 Å². The molecule has 0 fully saturated rings. The highest BCUT2D eigenvalue weighted by atomic mass is 16.4. The van der Waals surface area contributed by atoms with Crippen molar-refractivity contribution in [3.8, 4) is 11.1 Å². The first-order valence-corrected chi connectivity index (χ1v) is 10.3. The number of benzene rings is 2. The van der Waals surface area contributed by atoms with Gasteiger partial charge in [-0.3, -0.25) is 14.5 Å². The molecule has 1 aliphatic heterocycles. The van der Waals surface area contributed by atoms with Crippen molar-refractivity contribution in [2.75, 3.05) is 25.7 Å². The summed E-state index contributed by atoms with van der Waals surface area (Å²) in [5.74, 6) is 0. The Morgan fingerprint density at radius 2 is 1.87 bits per heavy atom. The van der Waals surface area contributed by atoms with E-state index in [1.165, 1.54) is 16.8 Å². The average Bonchev–Trinajstić information content (AvgIpc) is 3.24. The van der Waals surface area contributed by atoms with E-state index < -0.39 is 0 Å². The maximum Gasteiger partial charge on any atom is 0.150 e. The molecule has 6 nitrogen and oxygen atoms in total. The standard InChI is InChI=1S/C23H20N4O.C2H6O/c1-26-14-19(13-25-26)17-5-7-22-18(12-17)3-2-10-27(22)23-8-9-24-21-6-4-16(15-28)11-20(21)23;1-3-2/h4-9,11-15H,2-3,10H2,1H3;1-2H3. The van der Waals surface area contributed by atoms with E-state index in [2.05, 4.69) is 37.9 Å². The van der Waals surface area contributed by atoms with Gasteiger partial charge < -0.3 is 9.64 Å². The van der Waals surface area contributed by atoms with Crippen LogP contribution in [-0.2, 0) is 18.2 Å². The maximum atomic E-state index is 11.3. The molecule has 1 aliphatic rings. The zero-order valence-electron chi connectivity index (χ0n) is 18.1. The fraction of sp³-hybridized carbons (Fsp3) is 0.240. The Morgan fingerprint density at radius 3 is 2.61 bits per heavy atom. The third kappa shape index (κ3) is 4.20. The molecule has 0 saturated heterocycles. The fourth-order valence-corrected chi connectivity index (χ4v) is 4.06. The Kier molecular flexibility index (Phi) is 6.09. The van der Waals surface area contributed by atoms with Crippen LogP contribution in [0.4, 0.5) is 11.4 Å². The van der Waals surface area contributed by atoms with E-state index in [1.54, 1.807) is 14.2 Å². The summed E-state index contributed by atoms with van der Waals surface area (Å²) >= 11 is 0. The second-order valence-electron chi connectivity index (χ2n) is 7.63. The summed E-state index contributed by atoms with van der Waals surface area (Å²) in [6.07, 6.45) is 8.82. The highest BCUT2D eigenvalue weighted by Crippen LogP contribution is 2.38. The lowest BCUT2D eigenvalue weighted by Crippen LogP contribution is -2.24. The quantitative estimate of drug-likeness (QED) is 0.451. The molecule has 0 unspecified atom stereocenters. The first kappa shape index (κ1) is 20.8. The molecule has 0 N–H and O–H groups in total. The summed E-state index contributed by atoms with van der Waals surface area (Å²) in [4.78, 5) is 18.1. The lowest BCUT2D eigenvalue weighted by atomic mass is 9.96. The predicted molar refractivity (Wildman–Crippen MR) is 124 cm³/mol. The molecule has 2 aromatic heterocycles.